The molecule has 3 N–H and O–H groups in total. The fraction of sp³-hybridized carbons (Fsp3) is 0.357. The summed E-state index contributed by atoms with van der Waals surface area (Å²) in [5.41, 5.74) is 3.78. The predicted molar refractivity (Wildman–Crippen MR) is 81.1 cm³/mol. The van der Waals surface area contributed by atoms with Gasteiger partial charge in [0.1, 0.15) is 11.5 Å². The molecule has 1 aromatic rings. The zero-order valence-electron chi connectivity index (χ0n) is 11.4. The Kier molecular flexibility index (Phi) is 3.43. The van der Waals surface area contributed by atoms with Crippen molar-refractivity contribution < 1.29 is 4.39 Å². The predicted octanol–water partition coefficient (Wildman–Crippen LogP) is 4.03. The molecule has 0 aromatic heterocycles. The van der Waals surface area contributed by atoms with Gasteiger partial charge in [-0.15, -0.1) is 0 Å². The SMILES string of the molecule is C/C(C=N)=C1/NC(C)(C)Nc2cc(F)c(Br)c(C)c21. The van der Waals surface area contributed by atoms with Gasteiger partial charge in [-0.25, -0.2) is 4.39 Å². The molecule has 0 amide bonds. The maximum Gasteiger partial charge on any atom is 0.139 e. The third kappa shape index (κ3) is 2.39. The van der Waals surface area contributed by atoms with Crippen molar-refractivity contribution in [1.29, 1.82) is 5.41 Å². The quantitative estimate of drug-likeness (QED) is 0.683. The van der Waals surface area contributed by atoms with E-state index in [1.54, 1.807) is 0 Å². The molecule has 1 heterocycles. The summed E-state index contributed by atoms with van der Waals surface area (Å²) >= 11 is 3.28. The van der Waals surface area contributed by atoms with Gasteiger partial charge in [0.15, 0.2) is 0 Å². The molecule has 0 atom stereocenters. The highest BCUT2D eigenvalue weighted by Gasteiger charge is 2.30. The largest absolute Gasteiger partial charge is 0.363 e. The first-order chi connectivity index (χ1) is 8.76. The van der Waals surface area contributed by atoms with Crippen molar-refractivity contribution in [3.05, 3.63) is 33.1 Å². The summed E-state index contributed by atoms with van der Waals surface area (Å²) in [6.07, 6.45) is 1.31. The summed E-state index contributed by atoms with van der Waals surface area (Å²) in [6, 6.07) is 1.49. The smallest absolute Gasteiger partial charge is 0.139 e. The standard InChI is InChI=1S/C14H17BrFN3/c1-7(6-17)13-11-8(2)12(15)9(16)5-10(11)18-14(3,4)19-13/h5-6,17-19H,1-4H3/b13-7-,17-6?. The highest BCUT2D eigenvalue weighted by Crippen LogP contribution is 2.39. The Labute approximate surface area is 120 Å². The number of benzene rings is 1. The first kappa shape index (κ1) is 14.1. The lowest BCUT2D eigenvalue weighted by molar-refractivity contribution is 0.506. The summed E-state index contributed by atoms with van der Waals surface area (Å²) < 4.78 is 14.3. The Balaban J connectivity index is 2.79. The third-order valence-electron chi connectivity index (χ3n) is 3.20. The lowest BCUT2D eigenvalue weighted by Gasteiger charge is -2.39. The van der Waals surface area contributed by atoms with E-state index in [2.05, 4.69) is 26.6 Å². The maximum absolute atomic E-state index is 13.9. The van der Waals surface area contributed by atoms with Crippen molar-refractivity contribution in [3.63, 3.8) is 0 Å². The fourth-order valence-electron chi connectivity index (χ4n) is 2.28. The van der Waals surface area contributed by atoms with Gasteiger partial charge in [0, 0.05) is 17.5 Å². The van der Waals surface area contributed by atoms with E-state index < -0.39 is 0 Å². The summed E-state index contributed by atoms with van der Waals surface area (Å²) in [6.45, 7) is 7.69. The fourth-order valence-corrected chi connectivity index (χ4v) is 2.60. The molecule has 0 saturated carbocycles. The first-order valence-electron chi connectivity index (χ1n) is 6.03. The molecule has 0 saturated heterocycles. The van der Waals surface area contributed by atoms with Crippen molar-refractivity contribution in [2.75, 3.05) is 5.32 Å². The topological polar surface area (TPSA) is 47.9 Å². The molecule has 0 unspecified atom stereocenters. The molecule has 3 nitrogen and oxygen atoms in total. The summed E-state index contributed by atoms with van der Waals surface area (Å²) in [4.78, 5) is 0. The number of hydrogen-bond acceptors (Lipinski definition) is 3. The number of hydrogen-bond donors (Lipinski definition) is 3. The molecule has 0 spiro atoms. The number of fused-ring (bicyclic) bond motifs is 1. The van der Waals surface area contributed by atoms with Crippen LogP contribution in [0, 0.1) is 18.2 Å². The van der Waals surface area contributed by atoms with Crippen molar-refractivity contribution in [2.24, 2.45) is 0 Å². The zero-order chi connectivity index (χ0) is 14.4. The minimum absolute atomic E-state index is 0.284. The van der Waals surface area contributed by atoms with E-state index in [-0.39, 0.29) is 11.5 Å². The molecular weight excluding hydrogens is 309 g/mol. The van der Waals surface area contributed by atoms with Crippen LogP contribution in [-0.2, 0) is 0 Å². The van der Waals surface area contributed by atoms with Crippen molar-refractivity contribution in [3.8, 4) is 0 Å². The molecule has 102 valence electrons. The normalized spacial score (nSPS) is 19.1. The molecular formula is C14H17BrFN3. The van der Waals surface area contributed by atoms with E-state index in [0.29, 0.717) is 4.47 Å². The number of nitrogens with one attached hydrogen (secondary N) is 3. The van der Waals surface area contributed by atoms with Crippen LogP contribution in [0.2, 0.25) is 0 Å². The molecule has 1 aromatic carbocycles. The van der Waals surface area contributed by atoms with Crippen molar-refractivity contribution in [1.82, 2.24) is 5.32 Å². The van der Waals surface area contributed by atoms with Crippen LogP contribution in [0.3, 0.4) is 0 Å². The van der Waals surface area contributed by atoms with E-state index >= 15 is 0 Å². The summed E-state index contributed by atoms with van der Waals surface area (Å²) in [5, 5.41) is 14.1. The summed E-state index contributed by atoms with van der Waals surface area (Å²) in [5.74, 6) is -0.284. The Bertz CT molecular complexity index is 591. The van der Waals surface area contributed by atoms with E-state index in [0.717, 1.165) is 28.1 Å². The molecule has 0 bridgehead atoms. The number of halogens is 2. The van der Waals surface area contributed by atoms with Gasteiger partial charge < -0.3 is 16.0 Å². The van der Waals surface area contributed by atoms with Gasteiger partial charge in [-0.05, 0) is 60.8 Å². The van der Waals surface area contributed by atoms with Gasteiger partial charge in [0.2, 0.25) is 0 Å². The lowest BCUT2D eigenvalue weighted by Crippen LogP contribution is -2.49. The second kappa shape index (κ2) is 4.63. The first-order valence-corrected chi connectivity index (χ1v) is 6.83. The number of allylic oxidation sites excluding steroid dienone is 1. The molecule has 1 aliphatic rings. The molecule has 19 heavy (non-hydrogen) atoms. The van der Waals surface area contributed by atoms with E-state index in [4.69, 9.17) is 5.41 Å². The van der Waals surface area contributed by atoms with Gasteiger partial charge in [0.25, 0.3) is 0 Å². The zero-order valence-corrected chi connectivity index (χ0v) is 13.0. The molecule has 0 radical (unpaired) electrons. The van der Waals surface area contributed by atoms with Crippen molar-refractivity contribution >= 4 is 33.5 Å². The Hall–Kier alpha value is -1.36. The number of anilines is 1. The van der Waals surface area contributed by atoms with Gasteiger partial charge in [0.05, 0.1) is 10.2 Å². The Morgan fingerprint density at radius 3 is 2.63 bits per heavy atom. The van der Waals surface area contributed by atoms with Crippen LogP contribution >= 0.6 is 15.9 Å². The lowest BCUT2D eigenvalue weighted by atomic mass is 9.95. The van der Waals surface area contributed by atoms with Gasteiger partial charge >= 0.3 is 0 Å². The van der Waals surface area contributed by atoms with Crippen LogP contribution in [0.5, 0.6) is 0 Å². The highest BCUT2D eigenvalue weighted by atomic mass is 79.9. The monoisotopic (exact) mass is 325 g/mol. The van der Waals surface area contributed by atoms with Gasteiger partial charge in [-0.3, -0.25) is 0 Å². The van der Waals surface area contributed by atoms with Gasteiger partial charge in [-0.2, -0.15) is 0 Å². The van der Waals surface area contributed by atoms with Crippen LogP contribution in [0.15, 0.2) is 16.1 Å². The number of rotatable bonds is 1. The van der Waals surface area contributed by atoms with Crippen LogP contribution in [-0.4, -0.2) is 11.9 Å². The average Bonchev–Trinajstić information content (AvgIpc) is 2.32. The molecule has 2 rings (SSSR count). The second-order valence-electron chi connectivity index (χ2n) is 5.30. The van der Waals surface area contributed by atoms with E-state index in [1.807, 2.05) is 27.7 Å². The Morgan fingerprint density at radius 2 is 2.05 bits per heavy atom. The van der Waals surface area contributed by atoms with Crippen LogP contribution in [0.4, 0.5) is 10.1 Å². The minimum Gasteiger partial charge on any atom is -0.363 e. The average molecular weight is 326 g/mol. The second-order valence-corrected chi connectivity index (χ2v) is 6.09. The van der Waals surface area contributed by atoms with Crippen molar-refractivity contribution in [2.45, 2.75) is 33.4 Å². The van der Waals surface area contributed by atoms with E-state index in [9.17, 15) is 4.39 Å². The van der Waals surface area contributed by atoms with E-state index in [1.165, 1.54) is 12.3 Å². The highest BCUT2D eigenvalue weighted by molar-refractivity contribution is 9.10. The minimum atomic E-state index is -0.390. The van der Waals surface area contributed by atoms with Gasteiger partial charge in [-0.1, -0.05) is 0 Å². The van der Waals surface area contributed by atoms with Crippen LogP contribution in [0.25, 0.3) is 5.70 Å². The molecule has 1 aliphatic heterocycles. The molecule has 0 fully saturated rings. The van der Waals surface area contributed by atoms with Crippen LogP contribution in [0.1, 0.15) is 31.9 Å². The molecule has 5 heteroatoms. The summed E-state index contributed by atoms with van der Waals surface area (Å²) in [7, 11) is 0. The third-order valence-corrected chi connectivity index (χ3v) is 4.17. The Morgan fingerprint density at radius 1 is 1.42 bits per heavy atom. The molecule has 0 aliphatic carbocycles. The van der Waals surface area contributed by atoms with Crippen LogP contribution < -0.4 is 10.6 Å². The maximum atomic E-state index is 13.9.